The van der Waals surface area contributed by atoms with Crippen LogP contribution in [0, 0.1) is 0 Å². The molecule has 152 valence electrons. The van der Waals surface area contributed by atoms with Gasteiger partial charge in [0.1, 0.15) is 5.65 Å². The summed E-state index contributed by atoms with van der Waals surface area (Å²) >= 11 is 5.86. The highest BCUT2D eigenvalue weighted by Crippen LogP contribution is 2.15. The number of nitrogens with one attached hydrogen (secondary N) is 1. The molecule has 4 aromatic rings. The summed E-state index contributed by atoms with van der Waals surface area (Å²) in [5.74, 6) is -0.147. The van der Waals surface area contributed by atoms with E-state index in [1.807, 2.05) is 0 Å². The first kappa shape index (κ1) is 19.7. The van der Waals surface area contributed by atoms with Gasteiger partial charge in [0.25, 0.3) is 5.56 Å². The zero-order valence-corrected chi connectivity index (χ0v) is 16.9. The lowest BCUT2D eigenvalue weighted by Gasteiger charge is -2.07. The van der Waals surface area contributed by atoms with Crippen LogP contribution in [0.15, 0.2) is 62.9 Å². The average molecular weight is 425 g/mol. The number of carbonyl (C=O) groups excluding carboxylic acids is 1. The Morgan fingerprint density at radius 2 is 1.47 bits per heavy atom. The minimum absolute atomic E-state index is 0.113. The Hall–Kier alpha value is -3.65. The van der Waals surface area contributed by atoms with Crippen LogP contribution in [0.2, 0.25) is 5.02 Å². The number of halogens is 1. The zero-order chi connectivity index (χ0) is 21.6. The summed E-state index contributed by atoms with van der Waals surface area (Å²) in [6, 6.07) is 13.4. The largest absolute Gasteiger partial charge is 0.332 e. The Labute approximate surface area is 174 Å². The number of aromatic nitrogens is 4. The number of carbonyl (C=O) groups is 1. The number of aromatic amines is 1. The molecule has 2 aromatic carbocycles. The fraction of sp³-hybridized carbons (Fsp3) is 0.143. The lowest BCUT2D eigenvalue weighted by molar-refractivity contribution is 0.103. The number of ketones is 1. The van der Waals surface area contributed by atoms with E-state index < -0.39 is 16.9 Å². The van der Waals surface area contributed by atoms with Crippen LogP contribution in [0.4, 0.5) is 0 Å². The third-order valence-electron chi connectivity index (χ3n) is 5.04. The number of aryl methyl sites for hydroxylation is 1. The predicted octanol–water partition coefficient (Wildman–Crippen LogP) is 1.66. The third kappa shape index (κ3) is 3.21. The fourth-order valence-electron chi connectivity index (χ4n) is 3.35. The molecule has 2 aromatic heterocycles. The van der Waals surface area contributed by atoms with E-state index >= 15 is 0 Å². The van der Waals surface area contributed by atoms with Gasteiger partial charge in [0.05, 0.1) is 6.54 Å². The maximum absolute atomic E-state index is 12.6. The first-order chi connectivity index (χ1) is 14.3. The minimum atomic E-state index is -0.555. The summed E-state index contributed by atoms with van der Waals surface area (Å²) < 4.78 is 3.47. The molecule has 0 aliphatic rings. The standard InChI is InChI=1S/C21H17ClN4O4/c1-24-18-16(19(28)25(2)21(24)30)26(20(29)23-18)11-12-3-5-13(6-4-12)17(27)14-7-9-15(22)10-8-14/h3-10H,11H2,1-2H3,(H,23,29). The van der Waals surface area contributed by atoms with Crippen molar-refractivity contribution in [2.75, 3.05) is 0 Å². The number of H-pyrrole nitrogens is 1. The molecule has 0 spiro atoms. The molecule has 2 heterocycles. The monoisotopic (exact) mass is 424 g/mol. The van der Waals surface area contributed by atoms with Gasteiger partial charge in [-0.25, -0.2) is 9.59 Å². The van der Waals surface area contributed by atoms with Crippen molar-refractivity contribution in [2.24, 2.45) is 14.1 Å². The van der Waals surface area contributed by atoms with Crippen molar-refractivity contribution in [3.63, 3.8) is 0 Å². The molecule has 0 unspecified atom stereocenters. The second-order valence-corrected chi connectivity index (χ2v) is 7.39. The predicted molar refractivity (Wildman–Crippen MR) is 113 cm³/mol. The number of imidazole rings is 1. The Balaban J connectivity index is 1.70. The molecule has 0 aliphatic carbocycles. The highest BCUT2D eigenvalue weighted by Gasteiger charge is 2.17. The van der Waals surface area contributed by atoms with Crippen molar-refractivity contribution in [2.45, 2.75) is 6.54 Å². The van der Waals surface area contributed by atoms with Crippen LogP contribution < -0.4 is 16.9 Å². The summed E-state index contributed by atoms with van der Waals surface area (Å²) in [6.45, 7) is 0.113. The zero-order valence-electron chi connectivity index (χ0n) is 16.2. The van der Waals surface area contributed by atoms with Crippen molar-refractivity contribution >= 4 is 28.5 Å². The van der Waals surface area contributed by atoms with E-state index in [1.165, 1.54) is 23.2 Å². The second-order valence-electron chi connectivity index (χ2n) is 6.95. The SMILES string of the molecule is Cn1c(=O)c2c([nH]c(=O)n2Cc2ccc(C(=O)c3ccc(Cl)cc3)cc2)n(C)c1=O. The Morgan fingerprint density at radius 1 is 0.900 bits per heavy atom. The molecule has 0 radical (unpaired) electrons. The van der Waals surface area contributed by atoms with E-state index in [4.69, 9.17) is 11.6 Å². The molecular formula is C21H17ClN4O4. The first-order valence-corrected chi connectivity index (χ1v) is 9.43. The Bertz CT molecular complexity index is 1460. The summed E-state index contributed by atoms with van der Waals surface area (Å²) in [6.07, 6.45) is 0. The maximum atomic E-state index is 12.6. The van der Waals surface area contributed by atoms with Crippen molar-refractivity contribution < 1.29 is 4.79 Å². The molecular weight excluding hydrogens is 408 g/mol. The summed E-state index contributed by atoms with van der Waals surface area (Å²) in [7, 11) is 2.85. The van der Waals surface area contributed by atoms with Crippen LogP contribution in [-0.2, 0) is 20.6 Å². The molecule has 1 N–H and O–H groups in total. The smallest absolute Gasteiger partial charge is 0.291 e. The van der Waals surface area contributed by atoms with Gasteiger partial charge in [0, 0.05) is 30.2 Å². The van der Waals surface area contributed by atoms with E-state index in [1.54, 1.807) is 48.5 Å². The summed E-state index contributed by atoms with van der Waals surface area (Å²) in [4.78, 5) is 52.2. The van der Waals surface area contributed by atoms with Crippen LogP contribution in [-0.4, -0.2) is 24.5 Å². The average Bonchev–Trinajstić information content (AvgIpc) is 3.07. The topological polar surface area (TPSA) is 98.9 Å². The van der Waals surface area contributed by atoms with Crippen LogP contribution in [0.3, 0.4) is 0 Å². The van der Waals surface area contributed by atoms with Crippen LogP contribution in [0.25, 0.3) is 11.2 Å². The molecule has 0 saturated carbocycles. The Kier molecular flexibility index (Phi) is 4.79. The lowest BCUT2D eigenvalue weighted by atomic mass is 10.0. The molecule has 8 nitrogen and oxygen atoms in total. The maximum Gasteiger partial charge on any atom is 0.332 e. The third-order valence-corrected chi connectivity index (χ3v) is 5.30. The summed E-state index contributed by atoms with van der Waals surface area (Å²) in [5.41, 5.74) is 0.446. The number of fused-ring (bicyclic) bond motifs is 1. The van der Waals surface area contributed by atoms with Gasteiger partial charge < -0.3 is 0 Å². The normalized spacial score (nSPS) is 11.2. The molecule has 0 fully saturated rings. The molecule has 0 amide bonds. The molecule has 0 atom stereocenters. The van der Waals surface area contributed by atoms with Gasteiger partial charge in [-0.2, -0.15) is 0 Å². The van der Waals surface area contributed by atoms with Gasteiger partial charge in [-0.15, -0.1) is 0 Å². The molecule has 4 rings (SSSR count). The molecule has 0 bridgehead atoms. The van der Waals surface area contributed by atoms with Crippen LogP contribution in [0.1, 0.15) is 21.5 Å². The lowest BCUT2D eigenvalue weighted by Crippen LogP contribution is -2.37. The van der Waals surface area contributed by atoms with E-state index in [0.717, 1.165) is 10.1 Å². The summed E-state index contributed by atoms with van der Waals surface area (Å²) in [5, 5.41) is 0.551. The van der Waals surface area contributed by atoms with Gasteiger partial charge in [-0.3, -0.25) is 28.3 Å². The fourth-order valence-corrected chi connectivity index (χ4v) is 3.47. The van der Waals surface area contributed by atoms with E-state index in [0.29, 0.717) is 16.1 Å². The van der Waals surface area contributed by atoms with Gasteiger partial charge in [0.2, 0.25) is 0 Å². The van der Waals surface area contributed by atoms with E-state index in [2.05, 4.69) is 4.98 Å². The highest BCUT2D eigenvalue weighted by molar-refractivity contribution is 6.30. The van der Waals surface area contributed by atoms with Gasteiger partial charge in [0.15, 0.2) is 11.3 Å². The van der Waals surface area contributed by atoms with Crippen molar-refractivity contribution in [1.29, 1.82) is 0 Å². The number of benzene rings is 2. The van der Waals surface area contributed by atoms with Crippen molar-refractivity contribution in [3.05, 3.63) is 102 Å². The Morgan fingerprint density at radius 3 is 2.07 bits per heavy atom. The number of nitrogens with zero attached hydrogens (tertiary/aromatic N) is 3. The molecule has 9 heteroatoms. The quantitative estimate of drug-likeness (QED) is 0.503. The first-order valence-electron chi connectivity index (χ1n) is 9.05. The number of rotatable bonds is 4. The van der Waals surface area contributed by atoms with Gasteiger partial charge in [-0.05, 0) is 29.8 Å². The number of hydrogen-bond acceptors (Lipinski definition) is 4. The van der Waals surface area contributed by atoms with E-state index in [9.17, 15) is 19.2 Å². The van der Waals surface area contributed by atoms with Crippen LogP contribution in [0.5, 0.6) is 0 Å². The minimum Gasteiger partial charge on any atom is -0.291 e. The van der Waals surface area contributed by atoms with Crippen molar-refractivity contribution in [3.8, 4) is 0 Å². The molecule has 30 heavy (non-hydrogen) atoms. The number of hydrogen-bond donors (Lipinski definition) is 1. The van der Waals surface area contributed by atoms with Gasteiger partial charge in [-0.1, -0.05) is 35.9 Å². The van der Waals surface area contributed by atoms with Crippen molar-refractivity contribution in [1.82, 2.24) is 18.7 Å². The highest BCUT2D eigenvalue weighted by atomic mass is 35.5. The molecule has 0 aliphatic heterocycles. The second kappa shape index (κ2) is 7.31. The van der Waals surface area contributed by atoms with Crippen LogP contribution >= 0.6 is 11.6 Å². The van der Waals surface area contributed by atoms with E-state index in [-0.39, 0.29) is 23.5 Å². The molecule has 0 saturated heterocycles. The van der Waals surface area contributed by atoms with Gasteiger partial charge >= 0.3 is 11.4 Å².